The van der Waals surface area contributed by atoms with E-state index in [9.17, 15) is 4.79 Å². The van der Waals surface area contributed by atoms with Crippen LogP contribution in [0.4, 0.5) is 5.95 Å². The minimum Gasteiger partial charge on any atom is -0.411 e. The first-order chi connectivity index (χ1) is 11.4. The molecule has 3 unspecified atom stereocenters. The Hall–Kier alpha value is -1.36. The normalized spacial score (nSPS) is 27.1. The summed E-state index contributed by atoms with van der Waals surface area (Å²) in [4.78, 5) is 22.2. The van der Waals surface area contributed by atoms with Crippen LogP contribution in [0.3, 0.4) is 0 Å². The van der Waals surface area contributed by atoms with E-state index in [-0.39, 0.29) is 50.0 Å². The van der Waals surface area contributed by atoms with E-state index < -0.39 is 11.3 Å². The molecule has 0 spiro atoms. The second-order valence-electron chi connectivity index (χ2n) is 5.97. The van der Waals surface area contributed by atoms with Crippen molar-refractivity contribution < 1.29 is 39.4 Å². The number of ether oxygens (including phenoxy) is 3. The SMILES string of the molecule is CC1(C)OC2COC(n3cnc4c(=O)[nH]c([NH-])nc43)CC2O1.CO.[Ir]. The fraction of sp³-hybridized carbons (Fsp3) is 0.643. The number of rotatable bonds is 1. The average molecular weight is 531 g/mol. The second-order valence-corrected chi connectivity index (χ2v) is 5.97. The molecule has 0 aromatic carbocycles. The van der Waals surface area contributed by atoms with E-state index in [1.165, 1.54) is 6.33 Å². The largest absolute Gasteiger partial charge is 0.411 e. The number of imidazole rings is 1. The van der Waals surface area contributed by atoms with Gasteiger partial charge in [-0.05, 0) is 13.8 Å². The first-order valence-electron chi connectivity index (χ1n) is 7.53. The number of nitrogens with zero attached hydrogens (tertiary/aromatic N) is 3. The Kier molecular flexibility index (Phi) is 5.97. The van der Waals surface area contributed by atoms with Gasteiger partial charge in [0.15, 0.2) is 5.79 Å². The van der Waals surface area contributed by atoms with Crippen molar-refractivity contribution in [1.29, 1.82) is 0 Å². The maximum absolute atomic E-state index is 11.8. The maximum atomic E-state index is 11.8. The molecule has 0 bridgehead atoms. The predicted molar refractivity (Wildman–Crippen MR) is 83.7 cm³/mol. The molecule has 2 saturated heterocycles. The van der Waals surface area contributed by atoms with Crippen LogP contribution in [-0.4, -0.2) is 56.3 Å². The van der Waals surface area contributed by atoms with Crippen LogP contribution in [0.1, 0.15) is 26.5 Å². The van der Waals surface area contributed by atoms with Gasteiger partial charge in [0, 0.05) is 39.6 Å². The predicted octanol–water partition coefficient (Wildman–Crippen LogP) is 0.848. The number of aromatic nitrogens is 4. The smallest absolute Gasteiger partial charge is 0.222 e. The number of aliphatic hydroxyl groups is 1. The van der Waals surface area contributed by atoms with Gasteiger partial charge < -0.3 is 39.6 Å². The summed E-state index contributed by atoms with van der Waals surface area (Å²) in [5, 5.41) is 7.00. The zero-order valence-electron chi connectivity index (χ0n) is 14.0. The minimum absolute atomic E-state index is 0. The molecule has 11 heteroatoms. The van der Waals surface area contributed by atoms with Crippen molar-refractivity contribution in [2.45, 2.75) is 44.5 Å². The molecule has 2 aliphatic heterocycles. The van der Waals surface area contributed by atoms with Gasteiger partial charge in [0.2, 0.25) is 5.56 Å². The van der Waals surface area contributed by atoms with E-state index in [0.717, 1.165) is 7.11 Å². The Morgan fingerprint density at radius 3 is 2.76 bits per heavy atom. The van der Waals surface area contributed by atoms with Crippen LogP contribution in [0.5, 0.6) is 0 Å². The van der Waals surface area contributed by atoms with E-state index in [1.807, 2.05) is 13.8 Å². The van der Waals surface area contributed by atoms with Crippen LogP contribution in [0.15, 0.2) is 11.1 Å². The Bertz CT molecular complexity index is 792. The second kappa shape index (κ2) is 7.48. The molecule has 10 nitrogen and oxygen atoms in total. The van der Waals surface area contributed by atoms with Crippen molar-refractivity contribution in [2.75, 3.05) is 13.7 Å². The van der Waals surface area contributed by atoms with Gasteiger partial charge in [-0.15, -0.1) is 0 Å². The summed E-state index contributed by atoms with van der Waals surface area (Å²) in [6, 6.07) is 0. The zero-order valence-corrected chi connectivity index (χ0v) is 16.4. The third-order valence-corrected chi connectivity index (χ3v) is 3.91. The molecule has 2 aliphatic rings. The van der Waals surface area contributed by atoms with Gasteiger partial charge in [-0.2, -0.15) is 0 Å². The fourth-order valence-electron chi connectivity index (χ4n) is 3.05. The summed E-state index contributed by atoms with van der Waals surface area (Å²) in [7, 11) is 1.00. The van der Waals surface area contributed by atoms with Crippen LogP contribution in [0, 0.1) is 0 Å². The van der Waals surface area contributed by atoms with Gasteiger partial charge >= 0.3 is 0 Å². The molecule has 0 aliphatic carbocycles. The molecular weight excluding hydrogens is 510 g/mol. The van der Waals surface area contributed by atoms with E-state index >= 15 is 0 Å². The third-order valence-electron chi connectivity index (χ3n) is 3.91. The van der Waals surface area contributed by atoms with Crippen molar-refractivity contribution in [1.82, 2.24) is 19.5 Å². The van der Waals surface area contributed by atoms with Crippen molar-refractivity contribution in [3.63, 3.8) is 0 Å². The van der Waals surface area contributed by atoms with Crippen LogP contribution >= 0.6 is 0 Å². The number of hydrogen-bond donors (Lipinski definition) is 2. The molecule has 4 heterocycles. The van der Waals surface area contributed by atoms with Gasteiger partial charge in [0.25, 0.3) is 0 Å². The summed E-state index contributed by atoms with van der Waals surface area (Å²) in [5.41, 5.74) is 7.66. The van der Waals surface area contributed by atoms with E-state index in [2.05, 4.69) is 15.0 Å². The molecule has 2 aromatic rings. The van der Waals surface area contributed by atoms with E-state index in [4.69, 9.17) is 25.1 Å². The molecule has 3 N–H and O–H groups in total. The van der Waals surface area contributed by atoms with Gasteiger partial charge in [-0.3, -0.25) is 4.79 Å². The fourth-order valence-corrected chi connectivity index (χ4v) is 3.05. The van der Waals surface area contributed by atoms with Gasteiger partial charge in [0.05, 0.1) is 24.7 Å². The Morgan fingerprint density at radius 2 is 2.04 bits per heavy atom. The van der Waals surface area contributed by atoms with Crippen molar-refractivity contribution in [2.24, 2.45) is 0 Å². The number of fused-ring (bicyclic) bond motifs is 2. The molecule has 2 aromatic heterocycles. The summed E-state index contributed by atoms with van der Waals surface area (Å²) < 4.78 is 19.1. The average Bonchev–Trinajstić information content (AvgIpc) is 3.07. The van der Waals surface area contributed by atoms with E-state index in [1.54, 1.807) is 4.57 Å². The van der Waals surface area contributed by atoms with Crippen molar-refractivity contribution >= 4 is 17.1 Å². The number of nitrogens with one attached hydrogen (secondary N) is 2. The first kappa shape index (κ1) is 20.0. The molecule has 4 rings (SSSR count). The van der Waals surface area contributed by atoms with Crippen LogP contribution in [0.2, 0.25) is 0 Å². The van der Waals surface area contributed by atoms with Crippen LogP contribution in [0.25, 0.3) is 16.9 Å². The quantitative estimate of drug-likeness (QED) is 0.558. The Morgan fingerprint density at radius 1 is 1.36 bits per heavy atom. The van der Waals surface area contributed by atoms with Crippen molar-refractivity contribution in [3.8, 4) is 0 Å². The molecule has 0 saturated carbocycles. The number of aromatic amines is 1. The third kappa shape index (κ3) is 3.76. The minimum atomic E-state index is -0.617. The topological polar surface area (TPSA) is 135 Å². The molecule has 25 heavy (non-hydrogen) atoms. The molecule has 2 fully saturated rings. The maximum Gasteiger partial charge on any atom is 0.222 e. The zero-order chi connectivity index (χ0) is 17.5. The molecular formula is C14H20IrN5O5-. The number of hydrogen-bond acceptors (Lipinski definition) is 7. The van der Waals surface area contributed by atoms with E-state index in [0.29, 0.717) is 18.7 Å². The van der Waals surface area contributed by atoms with Crippen LogP contribution < -0.4 is 5.56 Å². The summed E-state index contributed by atoms with van der Waals surface area (Å²) in [6.45, 7) is 4.15. The monoisotopic (exact) mass is 531 g/mol. The standard InChI is InChI=1S/C13H17N5O4.CH4O.Ir/c1-13(2)21-6-3-8(20-4-7(6)22-13)18-5-15-9-10(18)16-12(14)17-11(9)19;1-2;/h5-8H,3-4H2,1-2H3,(H3,14,16,17,19);2H,1H3;/p-1. The first-order valence-corrected chi connectivity index (χ1v) is 7.53. The van der Waals surface area contributed by atoms with Gasteiger partial charge in [-0.25, -0.2) is 4.98 Å². The summed E-state index contributed by atoms with van der Waals surface area (Å²) in [5.74, 6) is -0.816. The Balaban J connectivity index is 0.000000726. The molecule has 0 amide bonds. The summed E-state index contributed by atoms with van der Waals surface area (Å²) >= 11 is 0. The molecule has 141 valence electrons. The summed E-state index contributed by atoms with van der Waals surface area (Å²) in [6.07, 6.45) is 1.56. The van der Waals surface area contributed by atoms with Gasteiger partial charge in [0.1, 0.15) is 17.8 Å². The Labute approximate surface area is 157 Å². The van der Waals surface area contributed by atoms with Crippen LogP contribution in [-0.2, 0) is 34.3 Å². The molecule has 3 atom stereocenters. The van der Waals surface area contributed by atoms with Crippen molar-refractivity contribution in [3.05, 3.63) is 22.4 Å². The molecule has 1 radical (unpaired) electrons. The number of aliphatic hydroxyl groups excluding tert-OH is 1. The van der Waals surface area contributed by atoms with Gasteiger partial charge in [-0.1, -0.05) is 0 Å². The number of H-pyrrole nitrogens is 1.